The Labute approximate surface area is 226 Å². The Hall–Kier alpha value is -4.76. The second-order valence-corrected chi connectivity index (χ2v) is 9.58. The Bertz CT molecular complexity index is 1720. The van der Waals surface area contributed by atoms with E-state index in [-0.39, 0.29) is 5.82 Å². The highest BCUT2D eigenvalue weighted by Crippen LogP contribution is 2.35. The summed E-state index contributed by atoms with van der Waals surface area (Å²) in [7, 11) is 4.01. The number of benzene rings is 1. The van der Waals surface area contributed by atoms with Gasteiger partial charge in [0, 0.05) is 58.8 Å². The van der Waals surface area contributed by atoms with E-state index in [1.165, 1.54) is 12.1 Å². The van der Waals surface area contributed by atoms with Crippen molar-refractivity contribution >= 4 is 33.2 Å². The molecule has 1 aromatic carbocycles. The Morgan fingerprint density at radius 2 is 1.97 bits per heavy atom. The van der Waals surface area contributed by atoms with Crippen LogP contribution in [0.5, 0.6) is 0 Å². The van der Waals surface area contributed by atoms with Crippen molar-refractivity contribution in [3.8, 4) is 22.5 Å². The molecule has 198 valence electrons. The number of anilines is 1. The van der Waals surface area contributed by atoms with Gasteiger partial charge in [0.15, 0.2) is 5.65 Å². The van der Waals surface area contributed by atoms with Crippen molar-refractivity contribution in [3.05, 3.63) is 90.8 Å². The molecule has 0 unspecified atom stereocenters. The molecule has 9 heteroatoms. The summed E-state index contributed by atoms with van der Waals surface area (Å²) in [5.41, 5.74) is 13.7. The van der Waals surface area contributed by atoms with Crippen LogP contribution in [-0.4, -0.2) is 57.2 Å². The molecule has 39 heavy (non-hydrogen) atoms. The number of fused-ring (bicyclic) bond motifs is 2. The minimum absolute atomic E-state index is 0.309. The molecule has 8 nitrogen and oxygen atoms in total. The van der Waals surface area contributed by atoms with E-state index in [0.717, 1.165) is 62.2 Å². The molecule has 0 fully saturated rings. The zero-order chi connectivity index (χ0) is 27.5. The largest absolute Gasteiger partial charge is 0.399 e. The van der Waals surface area contributed by atoms with Crippen molar-refractivity contribution in [1.82, 2.24) is 30.0 Å². The smallest absolute Gasteiger partial charge is 0.181 e. The monoisotopic (exact) mass is 522 g/mol. The normalized spacial score (nSPS) is 12.5. The highest BCUT2D eigenvalue weighted by atomic mass is 19.1. The highest BCUT2D eigenvalue weighted by Gasteiger charge is 2.16. The number of hydrogen-bond acceptors (Lipinski definition) is 6. The minimum Gasteiger partial charge on any atom is -0.399 e. The molecule has 0 amide bonds. The van der Waals surface area contributed by atoms with Crippen LogP contribution in [0.25, 0.3) is 50.0 Å². The van der Waals surface area contributed by atoms with Gasteiger partial charge < -0.3 is 20.9 Å². The summed E-state index contributed by atoms with van der Waals surface area (Å²) in [6, 6.07) is 9.05. The molecule has 0 aliphatic carbocycles. The number of H-pyrrole nitrogens is 2. The van der Waals surface area contributed by atoms with Gasteiger partial charge in [-0.05, 0) is 74.6 Å². The van der Waals surface area contributed by atoms with Crippen LogP contribution in [0.2, 0.25) is 0 Å². The lowest BCUT2D eigenvalue weighted by molar-refractivity contribution is 0.425. The summed E-state index contributed by atoms with van der Waals surface area (Å²) >= 11 is 0. The number of nitrogens with two attached hydrogens (primary N) is 1. The van der Waals surface area contributed by atoms with Gasteiger partial charge in [-0.1, -0.05) is 12.7 Å². The summed E-state index contributed by atoms with van der Waals surface area (Å²) in [5, 5.41) is 12.6. The number of pyridine rings is 2. The van der Waals surface area contributed by atoms with E-state index in [4.69, 9.17) is 5.73 Å². The van der Waals surface area contributed by atoms with Crippen LogP contribution < -0.4 is 11.1 Å². The minimum atomic E-state index is -0.309. The number of hydrogen-bond donors (Lipinski definition) is 4. The van der Waals surface area contributed by atoms with Crippen molar-refractivity contribution in [2.75, 3.05) is 32.5 Å². The third-order valence-electron chi connectivity index (χ3n) is 6.52. The summed E-state index contributed by atoms with van der Waals surface area (Å²) in [5.74, 6) is -0.309. The molecule has 0 spiro atoms. The first kappa shape index (κ1) is 25.9. The van der Waals surface area contributed by atoms with Gasteiger partial charge in [-0.3, -0.25) is 10.1 Å². The van der Waals surface area contributed by atoms with Crippen LogP contribution in [0.1, 0.15) is 12.5 Å². The van der Waals surface area contributed by atoms with Gasteiger partial charge in [-0.15, -0.1) is 0 Å². The number of likely N-dealkylation sites (N-methyl/N-ethyl adjacent to an activating group) is 1. The molecule has 5 rings (SSSR count). The quantitative estimate of drug-likeness (QED) is 0.185. The summed E-state index contributed by atoms with van der Waals surface area (Å²) < 4.78 is 14.6. The molecule has 0 atom stereocenters. The van der Waals surface area contributed by atoms with Crippen LogP contribution in [0.3, 0.4) is 0 Å². The first-order valence-corrected chi connectivity index (χ1v) is 12.6. The molecule has 0 aliphatic heterocycles. The molecular weight excluding hydrogens is 491 g/mol. The van der Waals surface area contributed by atoms with E-state index in [9.17, 15) is 4.39 Å². The van der Waals surface area contributed by atoms with Gasteiger partial charge in [-0.25, -0.2) is 9.37 Å². The fourth-order valence-electron chi connectivity index (χ4n) is 4.52. The van der Waals surface area contributed by atoms with Crippen molar-refractivity contribution < 1.29 is 4.39 Å². The second kappa shape index (κ2) is 10.9. The van der Waals surface area contributed by atoms with E-state index < -0.39 is 0 Å². The number of rotatable bonds is 9. The van der Waals surface area contributed by atoms with Crippen LogP contribution >= 0.6 is 0 Å². The third-order valence-corrected chi connectivity index (χ3v) is 6.52. The lowest BCUT2D eigenvalue weighted by atomic mass is 10.0. The third kappa shape index (κ3) is 5.44. The first-order valence-electron chi connectivity index (χ1n) is 12.6. The number of aromatic amines is 2. The van der Waals surface area contributed by atoms with E-state index in [2.05, 4.69) is 41.9 Å². The molecule has 0 radical (unpaired) electrons. The zero-order valence-corrected chi connectivity index (χ0v) is 22.2. The summed E-state index contributed by atoms with van der Waals surface area (Å²) in [6.45, 7) is 7.23. The van der Waals surface area contributed by atoms with E-state index in [1.54, 1.807) is 24.7 Å². The van der Waals surface area contributed by atoms with Crippen molar-refractivity contribution in [2.24, 2.45) is 5.73 Å². The number of allylic oxidation sites excluding steroid dienone is 4. The van der Waals surface area contributed by atoms with Gasteiger partial charge >= 0.3 is 0 Å². The lowest BCUT2D eigenvalue weighted by Crippen LogP contribution is -2.20. The number of aromatic nitrogens is 5. The van der Waals surface area contributed by atoms with Crippen LogP contribution in [0.15, 0.2) is 79.4 Å². The molecule has 5 aromatic rings. The lowest BCUT2D eigenvalue weighted by Gasteiger charge is -2.13. The van der Waals surface area contributed by atoms with Crippen molar-refractivity contribution in [3.63, 3.8) is 0 Å². The Morgan fingerprint density at radius 1 is 1.13 bits per heavy atom. The van der Waals surface area contributed by atoms with E-state index in [0.29, 0.717) is 17.9 Å². The van der Waals surface area contributed by atoms with Crippen molar-refractivity contribution in [2.45, 2.75) is 6.92 Å². The van der Waals surface area contributed by atoms with Gasteiger partial charge in [0.05, 0.1) is 23.1 Å². The summed E-state index contributed by atoms with van der Waals surface area (Å²) in [6.07, 6.45) is 10.7. The fraction of sp³-hybridized carbons (Fsp3) is 0.167. The standard InChI is InChI=1S/C30H31FN8/c1-5-18(10-22(32)6-2)20-12-25-29(37-38-30(25)35-15-20)27-14-24-26(16-33-17-28(24)36-27)19-9-21(31)13-23(11-19)34-7-8-39(3)4/h5-6,9-17,34,36H,2,7-8,32H2,1,3-4H3,(H,35,37,38)/b18-5+,22-10+. The predicted octanol–water partition coefficient (Wildman–Crippen LogP) is 5.71. The number of halogens is 1. The second-order valence-electron chi connectivity index (χ2n) is 9.58. The molecular formula is C30H31FN8. The van der Waals surface area contributed by atoms with Crippen LogP contribution in [0, 0.1) is 5.82 Å². The van der Waals surface area contributed by atoms with Crippen molar-refractivity contribution in [1.29, 1.82) is 0 Å². The molecule has 4 heterocycles. The average molecular weight is 523 g/mol. The summed E-state index contributed by atoms with van der Waals surface area (Å²) in [4.78, 5) is 14.5. The maximum Gasteiger partial charge on any atom is 0.181 e. The molecule has 0 saturated carbocycles. The van der Waals surface area contributed by atoms with Crippen LogP contribution in [-0.2, 0) is 0 Å². The zero-order valence-electron chi connectivity index (χ0n) is 22.2. The SMILES string of the molecule is C=C/C(N)=C\C(=C/C)c1cnc2n[nH]c(-c3cc4c(-c5cc(F)cc(NCCN(C)C)c5)cncc4[nH]3)c2c1. The van der Waals surface area contributed by atoms with Crippen LogP contribution in [0.4, 0.5) is 10.1 Å². The number of nitrogens with zero attached hydrogens (tertiary/aromatic N) is 4. The molecule has 0 saturated heterocycles. The van der Waals surface area contributed by atoms with Gasteiger partial charge in [0.1, 0.15) is 5.82 Å². The molecule has 5 N–H and O–H groups in total. The molecule has 4 aromatic heterocycles. The Balaban J connectivity index is 1.55. The van der Waals surface area contributed by atoms with Gasteiger partial charge in [0.25, 0.3) is 0 Å². The highest BCUT2D eigenvalue weighted by molar-refractivity contribution is 6.00. The van der Waals surface area contributed by atoms with Gasteiger partial charge in [-0.2, -0.15) is 5.10 Å². The first-order chi connectivity index (χ1) is 18.9. The number of nitrogens with one attached hydrogen (secondary N) is 3. The molecule has 0 bridgehead atoms. The predicted molar refractivity (Wildman–Crippen MR) is 158 cm³/mol. The van der Waals surface area contributed by atoms with E-state index >= 15 is 0 Å². The van der Waals surface area contributed by atoms with Gasteiger partial charge in [0.2, 0.25) is 0 Å². The maximum atomic E-state index is 14.6. The maximum absolute atomic E-state index is 14.6. The average Bonchev–Trinajstić information content (AvgIpc) is 3.54. The Kier molecular flexibility index (Phi) is 7.25. The topological polar surface area (TPSA) is 112 Å². The molecule has 0 aliphatic rings. The Morgan fingerprint density at radius 3 is 2.74 bits per heavy atom. The van der Waals surface area contributed by atoms with E-state index in [1.807, 2.05) is 51.4 Å². The fourth-order valence-corrected chi connectivity index (χ4v) is 4.52.